The molecule has 1 aliphatic rings. The van der Waals surface area contributed by atoms with Crippen molar-refractivity contribution in [2.45, 2.75) is 32.2 Å². The van der Waals surface area contributed by atoms with Gasteiger partial charge in [-0.2, -0.15) is 0 Å². The van der Waals surface area contributed by atoms with Crippen LogP contribution in [0.15, 0.2) is 0 Å². The topological polar surface area (TPSA) is 49.4 Å². The van der Waals surface area contributed by atoms with E-state index in [1.807, 2.05) is 0 Å². The smallest absolute Gasteiger partial charge is 0.0993 e. The normalized spacial score (nSPS) is 19.1. The van der Waals surface area contributed by atoms with E-state index in [0.29, 0.717) is 58.9 Å². The molecule has 6 heteroatoms. The predicted octanol–water partition coefficient (Wildman–Crippen LogP) is 1.53. The van der Waals surface area contributed by atoms with Crippen LogP contribution >= 0.6 is 0 Å². The van der Waals surface area contributed by atoms with Gasteiger partial charge < -0.3 is 23.7 Å². The molecule has 1 unspecified atom stereocenters. The van der Waals surface area contributed by atoms with Gasteiger partial charge in [0.15, 0.2) is 0 Å². The summed E-state index contributed by atoms with van der Waals surface area (Å²) in [6.45, 7) is 9.04. The van der Waals surface area contributed by atoms with Crippen LogP contribution in [-0.2, 0) is 23.7 Å². The number of rotatable bonds is 15. The predicted molar refractivity (Wildman–Crippen MR) is 85.2 cm³/mol. The maximum absolute atomic E-state index is 5.66. The summed E-state index contributed by atoms with van der Waals surface area (Å²) in [6.07, 6.45) is 3.82. The number of methoxy groups -OCH3 is 1. The molecule has 0 amide bonds. The quantitative estimate of drug-likeness (QED) is 0.427. The van der Waals surface area contributed by atoms with Gasteiger partial charge >= 0.3 is 0 Å². The SMILES string of the molecule is CCC1CCCN1COCCOCCOCCOCCOC. The number of ether oxygens (including phenoxy) is 5. The van der Waals surface area contributed by atoms with Crippen molar-refractivity contribution in [2.24, 2.45) is 0 Å². The van der Waals surface area contributed by atoms with Crippen LogP contribution < -0.4 is 0 Å². The zero-order valence-corrected chi connectivity index (χ0v) is 14.3. The second-order valence-corrected chi connectivity index (χ2v) is 5.38. The Hall–Kier alpha value is -0.240. The Balaban J connectivity index is 1.75. The van der Waals surface area contributed by atoms with E-state index in [2.05, 4.69) is 11.8 Å². The molecule has 0 aromatic carbocycles. The molecular weight excluding hydrogens is 286 g/mol. The van der Waals surface area contributed by atoms with Crippen LogP contribution in [0.1, 0.15) is 26.2 Å². The summed E-state index contributed by atoms with van der Waals surface area (Å²) in [4.78, 5) is 2.42. The molecule has 22 heavy (non-hydrogen) atoms. The highest BCUT2D eigenvalue weighted by Gasteiger charge is 2.22. The molecule has 0 spiro atoms. The lowest BCUT2D eigenvalue weighted by molar-refractivity contribution is -0.0278. The first-order chi connectivity index (χ1) is 10.9. The summed E-state index contributed by atoms with van der Waals surface area (Å²) in [5, 5.41) is 0. The van der Waals surface area contributed by atoms with Crippen molar-refractivity contribution in [3.8, 4) is 0 Å². The molecule has 0 bridgehead atoms. The number of likely N-dealkylation sites (tertiary alicyclic amines) is 1. The molecule has 0 aromatic heterocycles. The maximum atomic E-state index is 5.66. The van der Waals surface area contributed by atoms with Crippen LogP contribution in [0.2, 0.25) is 0 Å². The fourth-order valence-electron chi connectivity index (χ4n) is 2.51. The molecule has 132 valence electrons. The van der Waals surface area contributed by atoms with Crippen molar-refractivity contribution in [1.82, 2.24) is 4.90 Å². The molecule has 1 fully saturated rings. The fourth-order valence-corrected chi connectivity index (χ4v) is 2.51. The molecule has 1 rings (SSSR count). The first kappa shape index (κ1) is 19.8. The molecule has 1 saturated heterocycles. The van der Waals surface area contributed by atoms with Crippen molar-refractivity contribution in [1.29, 1.82) is 0 Å². The molecule has 0 radical (unpaired) electrons. The molecule has 0 saturated carbocycles. The lowest BCUT2D eigenvalue weighted by Crippen LogP contribution is -2.31. The Morgan fingerprint density at radius 3 is 1.91 bits per heavy atom. The van der Waals surface area contributed by atoms with Crippen LogP contribution in [0, 0.1) is 0 Å². The number of nitrogens with zero attached hydrogens (tertiary/aromatic N) is 1. The molecule has 6 nitrogen and oxygen atoms in total. The standard InChI is InChI=1S/C16H33NO5/c1-3-16-5-4-6-17(16)15-22-14-13-21-12-11-20-10-9-19-8-7-18-2/h16H,3-15H2,1-2H3. The molecular formula is C16H33NO5. The Morgan fingerprint density at radius 2 is 1.36 bits per heavy atom. The Kier molecular flexibility index (Phi) is 12.9. The number of hydrogen-bond acceptors (Lipinski definition) is 6. The van der Waals surface area contributed by atoms with E-state index in [1.165, 1.54) is 25.8 Å². The first-order valence-corrected chi connectivity index (χ1v) is 8.42. The van der Waals surface area contributed by atoms with Gasteiger partial charge in [0.2, 0.25) is 0 Å². The van der Waals surface area contributed by atoms with Gasteiger partial charge in [-0.3, -0.25) is 4.90 Å². The summed E-state index contributed by atoms with van der Waals surface area (Å²) in [6, 6.07) is 0.709. The third kappa shape index (κ3) is 9.71. The highest BCUT2D eigenvalue weighted by atomic mass is 16.6. The van der Waals surface area contributed by atoms with Crippen LogP contribution in [0.25, 0.3) is 0 Å². The molecule has 1 aliphatic heterocycles. The molecule has 0 N–H and O–H groups in total. The lowest BCUT2D eigenvalue weighted by Gasteiger charge is -2.22. The zero-order chi connectivity index (χ0) is 15.9. The van der Waals surface area contributed by atoms with E-state index in [9.17, 15) is 0 Å². The molecule has 0 aromatic rings. The van der Waals surface area contributed by atoms with E-state index in [4.69, 9.17) is 23.7 Å². The van der Waals surface area contributed by atoms with Crippen molar-refractivity contribution < 1.29 is 23.7 Å². The van der Waals surface area contributed by atoms with Crippen LogP contribution in [-0.4, -0.2) is 84.2 Å². The average molecular weight is 319 g/mol. The maximum Gasteiger partial charge on any atom is 0.0993 e. The lowest BCUT2D eigenvalue weighted by atomic mass is 10.2. The summed E-state index contributed by atoms with van der Waals surface area (Å²) < 4.78 is 26.7. The van der Waals surface area contributed by atoms with Gasteiger partial charge in [0.1, 0.15) is 0 Å². The van der Waals surface area contributed by atoms with E-state index < -0.39 is 0 Å². The summed E-state index contributed by atoms with van der Waals surface area (Å²) >= 11 is 0. The van der Waals surface area contributed by atoms with Crippen LogP contribution in [0.4, 0.5) is 0 Å². The van der Waals surface area contributed by atoms with E-state index >= 15 is 0 Å². The Bertz CT molecular complexity index is 243. The summed E-state index contributed by atoms with van der Waals surface area (Å²) in [5.74, 6) is 0. The highest BCUT2D eigenvalue weighted by molar-refractivity contribution is 4.75. The van der Waals surface area contributed by atoms with Gasteiger partial charge in [0.05, 0.1) is 59.6 Å². The van der Waals surface area contributed by atoms with Gasteiger partial charge in [-0.05, 0) is 19.3 Å². The van der Waals surface area contributed by atoms with Crippen molar-refractivity contribution >= 4 is 0 Å². The molecule has 1 heterocycles. The van der Waals surface area contributed by atoms with E-state index in [1.54, 1.807) is 7.11 Å². The minimum absolute atomic E-state index is 0.594. The Labute approximate surface area is 135 Å². The van der Waals surface area contributed by atoms with Crippen molar-refractivity contribution in [2.75, 3.05) is 73.2 Å². The minimum Gasteiger partial charge on any atom is -0.382 e. The minimum atomic E-state index is 0.594. The van der Waals surface area contributed by atoms with Gasteiger partial charge in [-0.1, -0.05) is 6.92 Å². The highest BCUT2D eigenvalue weighted by Crippen LogP contribution is 2.18. The summed E-state index contributed by atoms with van der Waals surface area (Å²) in [7, 11) is 1.66. The third-order valence-electron chi connectivity index (χ3n) is 3.78. The third-order valence-corrected chi connectivity index (χ3v) is 3.78. The fraction of sp³-hybridized carbons (Fsp3) is 1.00. The van der Waals surface area contributed by atoms with E-state index in [0.717, 1.165) is 6.73 Å². The van der Waals surface area contributed by atoms with Gasteiger partial charge in [0.25, 0.3) is 0 Å². The second-order valence-electron chi connectivity index (χ2n) is 5.38. The van der Waals surface area contributed by atoms with Crippen molar-refractivity contribution in [3.63, 3.8) is 0 Å². The summed E-state index contributed by atoms with van der Waals surface area (Å²) in [5.41, 5.74) is 0. The van der Waals surface area contributed by atoms with Gasteiger partial charge in [0, 0.05) is 19.7 Å². The number of hydrogen-bond donors (Lipinski definition) is 0. The monoisotopic (exact) mass is 319 g/mol. The van der Waals surface area contributed by atoms with Gasteiger partial charge in [-0.15, -0.1) is 0 Å². The zero-order valence-electron chi connectivity index (χ0n) is 14.3. The van der Waals surface area contributed by atoms with Crippen LogP contribution in [0.3, 0.4) is 0 Å². The average Bonchev–Trinajstić information content (AvgIpc) is 2.99. The van der Waals surface area contributed by atoms with E-state index in [-0.39, 0.29) is 0 Å². The largest absolute Gasteiger partial charge is 0.382 e. The van der Waals surface area contributed by atoms with Crippen molar-refractivity contribution in [3.05, 3.63) is 0 Å². The molecule has 0 aliphatic carbocycles. The van der Waals surface area contributed by atoms with Crippen LogP contribution in [0.5, 0.6) is 0 Å². The second kappa shape index (κ2) is 14.4. The molecule has 1 atom stereocenters. The Morgan fingerprint density at radius 1 is 0.818 bits per heavy atom. The first-order valence-electron chi connectivity index (χ1n) is 8.42. The van der Waals surface area contributed by atoms with Gasteiger partial charge in [-0.25, -0.2) is 0 Å².